The molecular weight excluding hydrogens is 330 g/mol. The van der Waals surface area contributed by atoms with E-state index < -0.39 is 0 Å². The average Bonchev–Trinajstić information content (AvgIpc) is 3.25. The average molecular weight is 355 g/mol. The lowest BCUT2D eigenvalue weighted by atomic mass is 10.2. The van der Waals surface area contributed by atoms with E-state index in [4.69, 9.17) is 14.6 Å². The second-order valence-corrected chi connectivity index (χ2v) is 6.82. The molecule has 1 aliphatic rings. The molecule has 0 bridgehead atoms. The SMILES string of the molecule is Cc1c(C)n(CCN2CCOCC2)c2ncn(Cc3ccco3)c(=N)c12. The fourth-order valence-corrected chi connectivity index (χ4v) is 3.62. The number of rotatable bonds is 5. The van der Waals surface area contributed by atoms with Crippen LogP contribution in [0.3, 0.4) is 0 Å². The number of nitrogens with zero attached hydrogens (tertiary/aromatic N) is 4. The summed E-state index contributed by atoms with van der Waals surface area (Å²) in [7, 11) is 0. The summed E-state index contributed by atoms with van der Waals surface area (Å²) in [6.07, 6.45) is 3.40. The highest BCUT2D eigenvalue weighted by Gasteiger charge is 2.17. The van der Waals surface area contributed by atoms with E-state index in [1.807, 2.05) is 16.7 Å². The Labute approximate surface area is 152 Å². The van der Waals surface area contributed by atoms with Gasteiger partial charge in [0, 0.05) is 31.9 Å². The van der Waals surface area contributed by atoms with Gasteiger partial charge in [0.05, 0.1) is 37.7 Å². The van der Waals surface area contributed by atoms with Crippen molar-refractivity contribution < 1.29 is 9.15 Å². The summed E-state index contributed by atoms with van der Waals surface area (Å²) < 4.78 is 14.9. The Hall–Kier alpha value is -2.38. The second-order valence-electron chi connectivity index (χ2n) is 6.82. The maximum atomic E-state index is 8.66. The van der Waals surface area contributed by atoms with Crippen LogP contribution < -0.4 is 5.49 Å². The van der Waals surface area contributed by atoms with Gasteiger partial charge in [0.25, 0.3) is 0 Å². The molecule has 3 aromatic heterocycles. The van der Waals surface area contributed by atoms with Crippen LogP contribution in [0.5, 0.6) is 0 Å². The van der Waals surface area contributed by atoms with Gasteiger partial charge in [-0.2, -0.15) is 0 Å². The lowest BCUT2D eigenvalue weighted by Gasteiger charge is -2.26. The molecule has 138 valence electrons. The summed E-state index contributed by atoms with van der Waals surface area (Å²) in [6.45, 7) is 10.2. The highest BCUT2D eigenvalue weighted by atomic mass is 16.5. The highest BCUT2D eigenvalue weighted by Crippen LogP contribution is 2.20. The van der Waals surface area contributed by atoms with Gasteiger partial charge in [-0.05, 0) is 31.5 Å². The molecule has 0 atom stereocenters. The first kappa shape index (κ1) is 17.1. The molecule has 7 heteroatoms. The molecule has 0 saturated carbocycles. The van der Waals surface area contributed by atoms with Crippen LogP contribution >= 0.6 is 0 Å². The summed E-state index contributed by atoms with van der Waals surface area (Å²) in [5.41, 5.74) is 3.70. The Kier molecular flexibility index (Phi) is 4.65. The van der Waals surface area contributed by atoms with E-state index in [0.717, 1.165) is 61.7 Å². The second kappa shape index (κ2) is 7.09. The fourth-order valence-electron chi connectivity index (χ4n) is 3.62. The molecule has 1 aliphatic heterocycles. The summed E-state index contributed by atoms with van der Waals surface area (Å²) >= 11 is 0. The van der Waals surface area contributed by atoms with Gasteiger partial charge in [-0.15, -0.1) is 0 Å². The Morgan fingerprint density at radius 2 is 2.00 bits per heavy atom. The summed E-state index contributed by atoms with van der Waals surface area (Å²) in [5, 5.41) is 9.59. The third kappa shape index (κ3) is 3.08. The minimum atomic E-state index is 0.483. The van der Waals surface area contributed by atoms with Crippen LogP contribution in [0.25, 0.3) is 11.0 Å². The quantitative estimate of drug-likeness (QED) is 0.759. The fraction of sp³-hybridized carbons (Fsp3) is 0.474. The molecule has 26 heavy (non-hydrogen) atoms. The van der Waals surface area contributed by atoms with Crippen LogP contribution in [0.4, 0.5) is 0 Å². The molecule has 0 amide bonds. The normalized spacial score (nSPS) is 15.8. The van der Waals surface area contributed by atoms with Gasteiger partial charge in [0.1, 0.15) is 16.9 Å². The third-order valence-corrected chi connectivity index (χ3v) is 5.30. The zero-order chi connectivity index (χ0) is 18.1. The van der Waals surface area contributed by atoms with Gasteiger partial charge in [-0.1, -0.05) is 0 Å². The molecule has 4 heterocycles. The van der Waals surface area contributed by atoms with Crippen LogP contribution in [0.15, 0.2) is 29.1 Å². The van der Waals surface area contributed by atoms with E-state index >= 15 is 0 Å². The molecule has 0 radical (unpaired) electrons. The van der Waals surface area contributed by atoms with E-state index in [0.29, 0.717) is 12.0 Å². The van der Waals surface area contributed by atoms with Gasteiger partial charge in [0.2, 0.25) is 0 Å². The molecule has 0 aromatic carbocycles. The molecular formula is C19H25N5O2. The maximum Gasteiger partial charge on any atom is 0.145 e. The van der Waals surface area contributed by atoms with E-state index in [9.17, 15) is 0 Å². The third-order valence-electron chi connectivity index (χ3n) is 5.30. The van der Waals surface area contributed by atoms with Crippen molar-refractivity contribution in [3.63, 3.8) is 0 Å². The molecule has 1 N–H and O–H groups in total. The zero-order valence-electron chi connectivity index (χ0n) is 15.4. The molecule has 0 aliphatic carbocycles. The predicted molar refractivity (Wildman–Crippen MR) is 98.1 cm³/mol. The van der Waals surface area contributed by atoms with Crippen LogP contribution in [-0.2, 0) is 17.8 Å². The van der Waals surface area contributed by atoms with Gasteiger partial charge in [-0.3, -0.25) is 10.3 Å². The van der Waals surface area contributed by atoms with Gasteiger partial charge >= 0.3 is 0 Å². The lowest BCUT2D eigenvalue weighted by molar-refractivity contribution is 0.0364. The molecule has 0 spiro atoms. The largest absolute Gasteiger partial charge is 0.467 e. The highest BCUT2D eigenvalue weighted by molar-refractivity contribution is 5.80. The van der Waals surface area contributed by atoms with Crippen molar-refractivity contribution in [2.24, 2.45) is 0 Å². The Balaban J connectivity index is 1.65. The maximum absolute atomic E-state index is 8.66. The van der Waals surface area contributed by atoms with Gasteiger partial charge in [-0.25, -0.2) is 4.98 Å². The number of hydrogen-bond acceptors (Lipinski definition) is 5. The topological polar surface area (TPSA) is 72.2 Å². The molecule has 0 unspecified atom stereocenters. The van der Waals surface area contributed by atoms with Crippen molar-refractivity contribution in [2.45, 2.75) is 26.9 Å². The van der Waals surface area contributed by atoms with Crippen LogP contribution in [-0.4, -0.2) is 51.9 Å². The van der Waals surface area contributed by atoms with Crippen LogP contribution in [0.2, 0.25) is 0 Å². The minimum Gasteiger partial charge on any atom is -0.467 e. The standard InChI is InChI=1S/C19H25N5O2/c1-14-15(2)24(6-5-22-7-10-25-11-8-22)19-17(14)18(20)23(13-21-19)12-16-4-3-9-26-16/h3-4,9,13,20H,5-8,10-12H2,1-2H3. The van der Waals surface area contributed by atoms with E-state index in [-0.39, 0.29) is 0 Å². The number of morpholine rings is 1. The zero-order valence-corrected chi connectivity index (χ0v) is 15.4. The Bertz CT molecular complexity index is 949. The number of nitrogens with one attached hydrogen (secondary N) is 1. The first-order chi connectivity index (χ1) is 12.6. The van der Waals surface area contributed by atoms with Gasteiger partial charge in [0.15, 0.2) is 0 Å². The van der Waals surface area contributed by atoms with Crippen LogP contribution in [0, 0.1) is 19.3 Å². The Morgan fingerprint density at radius 1 is 1.19 bits per heavy atom. The van der Waals surface area contributed by atoms with Crippen molar-refractivity contribution >= 4 is 11.0 Å². The first-order valence-electron chi connectivity index (χ1n) is 9.07. The van der Waals surface area contributed by atoms with Crippen LogP contribution in [0.1, 0.15) is 17.0 Å². The van der Waals surface area contributed by atoms with E-state index in [1.165, 1.54) is 5.69 Å². The first-order valence-corrected chi connectivity index (χ1v) is 9.07. The summed E-state index contributed by atoms with van der Waals surface area (Å²) in [5.74, 6) is 0.825. The molecule has 3 aromatic rings. The number of fused-ring (bicyclic) bond motifs is 1. The van der Waals surface area contributed by atoms with Crippen molar-refractivity contribution in [2.75, 3.05) is 32.8 Å². The number of furan rings is 1. The summed E-state index contributed by atoms with van der Waals surface area (Å²) in [6, 6.07) is 3.78. The van der Waals surface area contributed by atoms with Crippen molar-refractivity contribution in [3.8, 4) is 0 Å². The smallest absolute Gasteiger partial charge is 0.145 e. The summed E-state index contributed by atoms with van der Waals surface area (Å²) in [4.78, 5) is 7.11. The van der Waals surface area contributed by atoms with Crippen molar-refractivity contribution in [1.29, 1.82) is 5.41 Å². The molecule has 1 saturated heterocycles. The molecule has 7 nitrogen and oxygen atoms in total. The molecule has 1 fully saturated rings. The van der Waals surface area contributed by atoms with E-state index in [2.05, 4.69) is 28.3 Å². The van der Waals surface area contributed by atoms with Gasteiger partial charge < -0.3 is 18.3 Å². The monoisotopic (exact) mass is 355 g/mol. The number of hydrogen-bond donors (Lipinski definition) is 1. The Morgan fingerprint density at radius 3 is 2.73 bits per heavy atom. The van der Waals surface area contributed by atoms with Crippen molar-refractivity contribution in [3.05, 3.63) is 47.2 Å². The van der Waals surface area contributed by atoms with E-state index in [1.54, 1.807) is 12.6 Å². The van der Waals surface area contributed by atoms with Crippen molar-refractivity contribution in [1.82, 2.24) is 19.0 Å². The predicted octanol–water partition coefficient (Wildman–Crippen LogP) is 1.91. The minimum absolute atomic E-state index is 0.483. The molecule has 4 rings (SSSR count). The number of aryl methyl sites for hydroxylation is 1. The number of ether oxygens (including phenoxy) is 1. The number of aromatic nitrogens is 3. The lowest BCUT2D eigenvalue weighted by Crippen LogP contribution is -2.38.